The topological polar surface area (TPSA) is 277 Å². The largest absolute Gasteiger partial charge is 0.487 e. The van der Waals surface area contributed by atoms with Crippen LogP contribution in [0.15, 0.2) is 65.5 Å². The Kier molecular flexibility index (Phi) is 20.4. The summed E-state index contributed by atoms with van der Waals surface area (Å²) < 4.78 is 36.3. The summed E-state index contributed by atoms with van der Waals surface area (Å²) in [5.41, 5.74) is 13.7. The Morgan fingerprint density at radius 1 is 0.851 bits per heavy atom. The third kappa shape index (κ3) is 14.9. The molecule has 0 aromatic heterocycles. The van der Waals surface area contributed by atoms with Gasteiger partial charge in [-0.1, -0.05) is 42.5 Å². The molecule has 406 valence electrons. The number of nitrogens with two attached hydrogens (primary N) is 2. The van der Waals surface area contributed by atoms with Crippen molar-refractivity contribution in [2.75, 3.05) is 26.2 Å². The Balaban J connectivity index is 1.31. The molecule has 3 aliphatic rings. The minimum absolute atomic E-state index is 0.0116. The Hall–Kier alpha value is -6.28. The minimum atomic E-state index is -4.19. The number of hydrogen-bond donors (Lipinski definition) is 7. The van der Waals surface area contributed by atoms with E-state index in [0.29, 0.717) is 87.6 Å². The lowest BCUT2D eigenvalue weighted by atomic mass is 9.94. The molecule has 2 aromatic carbocycles. The fraction of sp³-hybridized carbons (Fsp3) is 0.574. The van der Waals surface area contributed by atoms with Crippen LogP contribution in [0.3, 0.4) is 0 Å². The Labute approximate surface area is 437 Å². The van der Waals surface area contributed by atoms with Gasteiger partial charge in [-0.15, -0.1) is 13.2 Å². The SMILES string of the molecule is C=CCCCNC(=O)[C@@H]1CCCN1C(=O)[C@H](CCCN=C(N)NS(=O)(=O)c1c(C)c(C)c2c(c1C)CC(C)(C)O2)NC(=O)C(C)(C)NC(=O)[C@@H]1CCCN1C(=O)[C@H](Cc1ccccc1)NC(=O)[C@@H](N)CCCC=C. The maximum atomic E-state index is 14.5. The molecule has 2 fully saturated rings. The molecule has 3 heterocycles. The van der Waals surface area contributed by atoms with E-state index >= 15 is 0 Å². The van der Waals surface area contributed by atoms with Crippen LogP contribution >= 0.6 is 0 Å². The second-order valence-corrected chi connectivity index (χ2v) is 22.5. The second kappa shape index (κ2) is 25.8. The predicted octanol–water partition coefficient (Wildman–Crippen LogP) is 3.55. The summed E-state index contributed by atoms with van der Waals surface area (Å²) in [7, 11) is -4.19. The fourth-order valence-corrected chi connectivity index (χ4v) is 11.5. The van der Waals surface area contributed by atoms with Crippen LogP contribution in [0.25, 0.3) is 0 Å². The number of aliphatic imine (C=N–C) groups is 1. The number of benzene rings is 2. The third-order valence-electron chi connectivity index (χ3n) is 14.1. The van der Waals surface area contributed by atoms with E-state index in [1.807, 2.05) is 51.1 Å². The van der Waals surface area contributed by atoms with Gasteiger partial charge in [0.2, 0.25) is 41.4 Å². The van der Waals surface area contributed by atoms with Crippen molar-refractivity contribution in [1.82, 2.24) is 35.8 Å². The molecule has 0 aliphatic carbocycles. The molecule has 5 atom stereocenters. The summed E-state index contributed by atoms with van der Waals surface area (Å²) in [4.78, 5) is 91.4. The standard InChI is InChI=1S/C54H80N10O9S/c1-10-12-15-24-39(55)46(65)59-41(32-37-22-16-14-17-23-37)50(69)64-31-21-27-43(64)48(67)61-54(8,9)51(70)60-40(49(68)63-30-20-26-42(63)47(66)57-28-18-13-11-2)25-19-29-58-52(56)62-74(71,72)45-35(4)34(3)44-38(36(45)5)33-53(6,7)73-44/h10-11,14,16-17,22-23,39-43H,1-2,12-13,15,18-21,24-33,55H2,3-9H3,(H,57,66)(H,59,65)(H,60,70)(H,61,67)(H3,56,58,62)/t39-,40-,41-,42-,43-/m0/s1. The van der Waals surface area contributed by atoms with Gasteiger partial charge in [-0.25, -0.2) is 13.1 Å². The monoisotopic (exact) mass is 1040 g/mol. The quantitative estimate of drug-likeness (QED) is 0.0327. The van der Waals surface area contributed by atoms with E-state index in [-0.39, 0.29) is 55.7 Å². The van der Waals surface area contributed by atoms with E-state index < -0.39 is 80.9 Å². The Morgan fingerprint density at radius 3 is 2.09 bits per heavy atom. The second-order valence-electron chi connectivity index (χ2n) is 20.9. The number of carbonyl (C=O) groups excluding carboxylic acids is 6. The van der Waals surface area contributed by atoms with Crippen molar-refractivity contribution in [2.24, 2.45) is 16.5 Å². The van der Waals surface area contributed by atoms with Crippen LogP contribution < -0.4 is 42.2 Å². The molecule has 0 bridgehead atoms. The predicted molar refractivity (Wildman–Crippen MR) is 285 cm³/mol. The van der Waals surface area contributed by atoms with Gasteiger partial charge < -0.3 is 47.3 Å². The van der Waals surface area contributed by atoms with Crippen molar-refractivity contribution in [1.29, 1.82) is 0 Å². The number of ether oxygens (including phenoxy) is 1. The molecular formula is C54H80N10O9S. The number of fused-ring (bicyclic) bond motifs is 1. The van der Waals surface area contributed by atoms with Crippen LogP contribution in [0.2, 0.25) is 0 Å². The first kappa shape index (κ1) is 58.6. The lowest BCUT2D eigenvalue weighted by molar-refractivity contribution is -0.144. The van der Waals surface area contributed by atoms with Crippen molar-refractivity contribution in [3.8, 4) is 5.75 Å². The van der Waals surface area contributed by atoms with Gasteiger partial charge >= 0.3 is 0 Å². The number of amides is 6. The van der Waals surface area contributed by atoms with Gasteiger partial charge in [0.1, 0.15) is 41.1 Å². The van der Waals surface area contributed by atoms with Crippen LogP contribution in [-0.2, 0) is 51.6 Å². The van der Waals surface area contributed by atoms with Crippen molar-refractivity contribution >= 4 is 51.4 Å². The highest BCUT2D eigenvalue weighted by Crippen LogP contribution is 2.43. The molecule has 19 nitrogen and oxygen atoms in total. The number of nitrogens with one attached hydrogen (secondary N) is 5. The van der Waals surface area contributed by atoms with Gasteiger partial charge in [-0.2, -0.15) is 0 Å². The average molecular weight is 1050 g/mol. The minimum Gasteiger partial charge on any atom is -0.487 e. The van der Waals surface area contributed by atoms with Crippen molar-refractivity contribution in [3.63, 3.8) is 0 Å². The Bertz CT molecular complexity index is 2550. The van der Waals surface area contributed by atoms with Crippen LogP contribution in [0.4, 0.5) is 0 Å². The summed E-state index contributed by atoms with van der Waals surface area (Å²) in [5.74, 6) is -2.74. The number of nitrogens with zero attached hydrogens (tertiary/aromatic N) is 3. The maximum Gasteiger partial charge on any atom is 0.264 e. The highest BCUT2D eigenvalue weighted by molar-refractivity contribution is 7.90. The number of allylic oxidation sites excluding steroid dienone is 2. The summed E-state index contributed by atoms with van der Waals surface area (Å²) in [6, 6.07) is 4.37. The summed E-state index contributed by atoms with van der Waals surface area (Å²) in [6.45, 7) is 20.5. The smallest absolute Gasteiger partial charge is 0.264 e. The first-order valence-electron chi connectivity index (χ1n) is 25.9. The summed E-state index contributed by atoms with van der Waals surface area (Å²) in [5, 5.41) is 11.4. The highest BCUT2D eigenvalue weighted by Gasteiger charge is 2.43. The molecule has 74 heavy (non-hydrogen) atoms. The molecule has 3 aliphatic heterocycles. The number of unbranched alkanes of at least 4 members (excludes halogenated alkanes) is 2. The highest BCUT2D eigenvalue weighted by atomic mass is 32.2. The lowest BCUT2D eigenvalue weighted by Gasteiger charge is -2.34. The zero-order chi connectivity index (χ0) is 54.5. The molecule has 5 rings (SSSR count). The van der Waals surface area contributed by atoms with Crippen molar-refractivity contribution in [2.45, 2.75) is 178 Å². The molecule has 2 saturated heterocycles. The number of likely N-dealkylation sites (tertiary alicyclic amines) is 2. The van der Waals surface area contributed by atoms with Crippen LogP contribution in [0.1, 0.15) is 126 Å². The molecule has 0 radical (unpaired) electrons. The van der Waals surface area contributed by atoms with E-state index in [4.69, 9.17) is 16.2 Å². The molecule has 0 spiro atoms. The van der Waals surface area contributed by atoms with Gasteiger partial charge in [0.05, 0.1) is 10.9 Å². The number of guanidine groups is 1. The maximum absolute atomic E-state index is 14.5. The molecular weight excluding hydrogens is 965 g/mol. The zero-order valence-electron chi connectivity index (χ0n) is 44.4. The molecule has 2 aromatic rings. The molecule has 20 heteroatoms. The van der Waals surface area contributed by atoms with Gasteiger partial charge in [-0.05, 0) is 141 Å². The van der Waals surface area contributed by atoms with Crippen molar-refractivity contribution < 1.29 is 41.9 Å². The number of carbonyl (C=O) groups is 6. The first-order valence-corrected chi connectivity index (χ1v) is 27.4. The zero-order valence-corrected chi connectivity index (χ0v) is 45.3. The van der Waals surface area contributed by atoms with E-state index in [9.17, 15) is 37.2 Å². The molecule has 0 unspecified atom stereocenters. The number of hydrogen-bond acceptors (Lipinski definition) is 11. The summed E-state index contributed by atoms with van der Waals surface area (Å²) >= 11 is 0. The third-order valence-corrected chi connectivity index (χ3v) is 15.7. The number of rotatable bonds is 25. The van der Waals surface area contributed by atoms with E-state index in [2.05, 4.69) is 44.1 Å². The van der Waals surface area contributed by atoms with E-state index in [1.54, 1.807) is 26.0 Å². The molecule has 6 amide bonds. The first-order chi connectivity index (χ1) is 34.9. The van der Waals surface area contributed by atoms with Crippen molar-refractivity contribution in [3.05, 3.63) is 83.5 Å². The Morgan fingerprint density at radius 2 is 1.46 bits per heavy atom. The van der Waals surface area contributed by atoms with E-state index in [0.717, 1.165) is 16.7 Å². The normalized spacial score (nSPS) is 18.6. The average Bonchev–Trinajstić information content (AvgIpc) is 4.12. The van der Waals surface area contributed by atoms with E-state index in [1.165, 1.54) is 23.6 Å². The molecule has 9 N–H and O–H groups in total. The number of sulfonamides is 1. The van der Waals surface area contributed by atoms with Gasteiger partial charge in [0, 0.05) is 44.6 Å². The van der Waals surface area contributed by atoms with Gasteiger partial charge in [0.15, 0.2) is 0 Å². The van der Waals surface area contributed by atoms with Gasteiger partial charge in [0.25, 0.3) is 10.0 Å². The van der Waals surface area contributed by atoms with Crippen LogP contribution in [-0.4, -0.2) is 127 Å². The fourth-order valence-electron chi connectivity index (χ4n) is 9.93. The van der Waals surface area contributed by atoms with Gasteiger partial charge in [-0.3, -0.25) is 33.8 Å². The molecule has 0 saturated carbocycles. The summed E-state index contributed by atoms with van der Waals surface area (Å²) in [6.07, 6.45) is 9.24. The van der Waals surface area contributed by atoms with Crippen LogP contribution in [0.5, 0.6) is 5.75 Å². The lowest BCUT2D eigenvalue weighted by Crippen LogP contribution is -2.62. The van der Waals surface area contributed by atoms with Crippen LogP contribution in [0, 0.1) is 20.8 Å².